The van der Waals surface area contributed by atoms with E-state index in [0.717, 1.165) is 0 Å². The Balaban J connectivity index is 2.99. The van der Waals surface area contributed by atoms with Crippen molar-refractivity contribution in [2.45, 2.75) is 20.0 Å². The third kappa shape index (κ3) is 1.78. The van der Waals surface area contributed by atoms with Crippen LogP contribution in [0.4, 0.5) is 13.2 Å². The maximum absolute atomic E-state index is 13.1. The monoisotopic (exact) mass is 252 g/mol. The van der Waals surface area contributed by atoms with Gasteiger partial charge in [0, 0.05) is 11.1 Å². The van der Waals surface area contributed by atoms with E-state index in [4.69, 9.17) is 0 Å². The summed E-state index contributed by atoms with van der Waals surface area (Å²) in [6, 6.07) is 6.57. The maximum atomic E-state index is 13.1. The molecule has 0 saturated heterocycles. The lowest BCUT2D eigenvalue weighted by molar-refractivity contribution is 0.112. The van der Waals surface area contributed by atoms with E-state index in [1.807, 2.05) is 0 Å². The predicted molar refractivity (Wildman–Crippen MR) is 63.8 cm³/mol. The first-order valence-corrected chi connectivity index (χ1v) is 5.46. The normalized spacial score (nSPS) is 10.8. The zero-order valence-electron chi connectivity index (χ0n) is 9.55. The van der Waals surface area contributed by atoms with Gasteiger partial charge < -0.3 is 0 Å². The third-order valence-electron chi connectivity index (χ3n) is 3.11. The van der Waals surface area contributed by atoms with Crippen molar-refractivity contribution < 1.29 is 18.0 Å². The molecule has 0 N–H and O–H groups in total. The molecule has 4 heteroatoms. The number of aldehydes is 1. The Morgan fingerprint density at radius 1 is 0.833 bits per heavy atom. The van der Waals surface area contributed by atoms with Crippen molar-refractivity contribution in [1.29, 1.82) is 0 Å². The van der Waals surface area contributed by atoms with E-state index < -0.39 is 20.0 Å². The van der Waals surface area contributed by atoms with E-state index in [1.165, 1.54) is 0 Å². The Morgan fingerprint density at radius 2 is 1.39 bits per heavy atom. The molecule has 0 aliphatic heterocycles. The van der Waals surface area contributed by atoms with Gasteiger partial charge in [0.05, 0.1) is 0 Å². The largest absolute Gasteiger partial charge is 0.298 e. The number of rotatable bonds is 4. The smallest absolute Gasteiger partial charge is 0.151 e. The van der Waals surface area contributed by atoms with Crippen LogP contribution < -0.4 is 0 Å². The molecular formula is C14H11F3O. The van der Waals surface area contributed by atoms with Crippen LogP contribution in [0.5, 0.6) is 0 Å². The zero-order chi connectivity index (χ0) is 13.1. The Morgan fingerprint density at radius 3 is 1.89 bits per heavy atom. The second-order valence-corrected chi connectivity index (χ2v) is 3.91. The van der Waals surface area contributed by atoms with Gasteiger partial charge in [0.15, 0.2) is 6.29 Å². The molecule has 1 nitrogen and oxygen atoms in total. The van der Waals surface area contributed by atoms with Crippen LogP contribution in [0.15, 0.2) is 24.3 Å². The first-order chi connectivity index (χ1) is 8.78. The molecule has 94 valence electrons. The lowest BCUT2D eigenvalue weighted by atomic mass is 9.91. The predicted octanol–water partition coefficient (Wildman–Crippen LogP) is 4.06. The SMILES string of the molecule is O=Cc1c(CF)c(CF)c(CF)c2ccccc12. The fraction of sp³-hybridized carbons (Fsp3) is 0.214. The Hall–Kier alpha value is -1.84. The highest BCUT2D eigenvalue weighted by Crippen LogP contribution is 2.31. The Kier molecular flexibility index (Phi) is 3.65. The summed E-state index contributed by atoms with van der Waals surface area (Å²) in [6.07, 6.45) is 0.498. The average molecular weight is 252 g/mol. The lowest BCUT2D eigenvalue weighted by Crippen LogP contribution is -2.03. The van der Waals surface area contributed by atoms with E-state index in [9.17, 15) is 18.0 Å². The number of alkyl halides is 3. The van der Waals surface area contributed by atoms with Crippen LogP contribution in [0, 0.1) is 0 Å². The Bertz CT molecular complexity index is 593. The minimum Gasteiger partial charge on any atom is -0.298 e. The van der Waals surface area contributed by atoms with E-state index in [-0.39, 0.29) is 22.3 Å². The van der Waals surface area contributed by atoms with Gasteiger partial charge in [-0.15, -0.1) is 0 Å². The minimum absolute atomic E-state index is 0.0409. The van der Waals surface area contributed by atoms with Crippen molar-refractivity contribution in [1.82, 2.24) is 0 Å². The molecule has 0 spiro atoms. The second kappa shape index (κ2) is 5.21. The van der Waals surface area contributed by atoms with E-state index in [2.05, 4.69) is 0 Å². The van der Waals surface area contributed by atoms with Gasteiger partial charge in [-0.25, -0.2) is 13.2 Å². The van der Waals surface area contributed by atoms with E-state index >= 15 is 0 Å². The van der Waals surface area contributed by atoms with Crippen molar-refractivity contribution in [3.05, 3.63) is 46.5 Å². The molecular weight excluding hydrogens is 241 g/mol. The minimum atomic E-state index is -0.982. The van der Waals surface area contributed by atoms with Gasteiger partial charge in [-0.1, -0.05) is 24.3 Å². The van der Waals surface area contributed by atoms with Gasteiger partial charge in [-0.3, -0.25) is 4.79 Å². The van der Waals surface area contributed by atoms with Gasteiger partial charge in [-0.05, 0) is 21.9 Å². The van der Waals surface area contributed by atoms with Gasteiger partial charge in [0.25, 0.3) is 0 Å². The second-order valence-electron chi connectivity index (χ2n) is 3.91. The van der Waals surface area contributed by atoms with Crippen molar-refractivity contribution in [3.8, 4) is 0 Å². The summed E-state index contributed by atoms with van der Waals surface area (Å²) < 4.78 is 39.1. The van der Waals surface area contributed by atoms with Gasteiger partial charge in [0.1, 0.15) is 20.0 Å². The molecule has 0 aliphatic carbocycles. The zero-order valence-corrected chi connectivity index (χ0v) is 9.55. The number of fused-ring (bicyclic) bond motifs is 1. The fourth-order valence-electron chi connectivity index (χ4n) is 2.25. The average Bonchev–Trinajstić information content (AvgIpc) is 2.44. The van der Waals surface area contributed by atoms with Crippen molar-refractivity contribution in [2.24, 2.45) is 0 Å². The summed E-state index contributed by atoms with van der Waals surface area (Å²) >= 11 is 0. The molecule has 0 aromatic heterocycles. The van der Waals surface area contributed by atoms with Crippen molar-refractivity contribution in [2.75, 3.05) is 0 Å². The molecule has 2 rings (SSSR count). The van der Waals surface area contributed by atoms with Gasteiger partial charge in [-0.2, -0.15) is 0 Å². The number of hydrogen-bond donors (Lipinski definition) is 0. The molecule has 18 heavy (non-hydrogen) atoms. The van der Waals surface area contributed by atoms with Crippen molar-refractivity contribution in [3.63, 3.8) is 0 Å². The van der Waals surface area contributed by atoms with E-state index in [0.29, 0.717) is 17.1 Å². The number of hydrogen-bond acceptors (Lipinski definition) is 1. The van der Waals surface area contributed by atoms with Crippen LogP contribution in [-0.2, 0) is 20.0 Å². The molecule has 0 saturated carbocycles. The van der Waals surface area contributed by atoms with Crippen LogP contribution in [-0.4, -0.2) is 6.29 Å². The van der Waals surface area contributed by atoms with Crippen LogP contribution in [0.2, 0.25) is 0 Å². The summed E-state index contributed by atoms with van der Waals surface area (Å²) in [7, 11) is 0. The molecule has 0 radical (unpaired) electrons. The van der Waals surface area contributed by atoms with E-state index in [1.54, 1.807) is 24.3 Å². The topological polar surface area (TPSA) is 17.1 Å². The number of halogens is 3. The Labute approximate surface area is 102 Å². The van der Waals surface area contributed by atoms with Gasteiger partial charge >= 0.3 is 0 Å². The molecule has 0 atom stereocenters. The molecule has 0 unspecified atom stereocenters. The molecule has 2 aromatic rings. The highest BCUT2D eigenvalue weighted by molar-refractivity contribution is 6.02. The van der Waals surface area contributed by atoms with Gasteiger partial charge in [0.2, 0.25) is 0 Å². The summed E-state index contributed by atoms with van der Waals surface area (Å²) in [5.74, 6) is 0. The molecule has 0 fully saturated rings. The molecule has 0 heterocycles. The highest BCUT2D eigenvalue weighted by atomic mass is 19.1. The third-order valence-corrected chi connectivity index (χ3v) is 3.11. The number of carbonyl (C=O) groups excluding carboxylic acids is 1. The highest BCUT2D eigenvalue weighted by Gasteiger charge is 2.18. The number of carbonyl (C=O) groups is 1. The van der Waals surface area contributed by atoms with Crippen molar-refractivity contribution >= 4 is 17.1 Å². The van der Waals surface area contributed by atoms with Crippen LogP contribution in [0.25, 0.3) is 10.8 Å². The molecule has 0 aliphatic rings. The summed E-state index contributed by atoms with van der Waals surface area (Å²) in [5, 5.41) is 0.928. The molecule has 0 bridgehead atoms. The van der Waals surface area contributed by atoms with Crippen LogP contribution >= 0.6 is 0 Å². The van der Waals surface area contributed by atoms with Crippen LogP contribution in [0.1, 0.15) is 27.0 Å². The summed E-state index contributed by atoms with van der Waals surface area (Å²) in [6.45, 7) is -2.85. The maximum Gasteiger partial charge on any atom is 0.151 e. The van der Waals surface area contributed by atoms with Crippen LogP contribution in [0.3, 0.4) is 0 Å². The first-order valence-electron chi connectivity index (χ1n) is 5.46. The number of benzene rings is 2. The summed E-state index contributed by atoms with van der Waals surface area (Å²) in [4.78, 5) is 11.1. The standard InChI is InChI=1S/C14H11F3O/c15-5-11-9-3-1-2-4-10(9)14(8-18)13(7-17)12(11)6-16/h1-4,8H,5-7H2. The quantitative estimate of drug-likeness (QED) is 0.750. The molecule has 2 aromatic carbocycles. The fourth-order valence-corrected chi connectivity index (χ4v) is 2.25. The summed E-state index contributed by atoms with van der Waals surface area (Å²) in [5.41, 5.74) is 0.156. The lowest BCUT2D eigenvalue weighted by Gasteiger charge is -2.15. The molecule has 0 amide bonds. The first kappa shape index (κ1) is 12.6.